The van der Waals surface area contributed by atoms with Gasteiger partial charge in [-0.25, -0.2) is 0 Å². The van der Waals surface area contributed by atoms with Crippen molar-refractivity contribution in [2.75, 3.05) is 14.2 Å². The SMILES string of the molecule is C/C=C1/CC[C@H]2[C@@H]3C[C@@H](C)[C@H]4CC(C)(O)CC[C@]4(C)[C@H]3CC[C@]12C.COC(=O)CC[C@@H](C)C1=CC[C@H]2[C@@H]3C[C@@H](C)[C@H]4C[C@@](C)(O)CC[C@]4(C)[C@H]3CC[C@]12C.COC(=O)CC[C@@H](C)[C@H]1CC[C@H]2[C@@H]3C[C@@H](C)[C@H]4C[C@@](C)(O)CC[C@]4(C)[C@H]3CC[C@]12C.C[C@@H]1C[C@@H]2[C@H](CC[C@]3(C)[C@@H]([C@H](C)CCC(C)(C)O)CC[C@@H]23)[C@@]2(C)CC[C@](C)(O)C[C@H]12. The predicted molar refractivity (Wildman–Crippen MR) is 467 cm³/mol. The smallest absolute Gasteiger partial charge is 0.305 e. The Balaban J connectivity index is 0.000000133. The van der Waals surface area contributed by atoms with Gasteiger partial charge in [0.2, 0.25) is 0 Å². The highest BCUT2D eigenvalue weighted by atomic mass is 16.5. The summed E-state index contributed by atoms with van der Waals surface area (Å²) in [6, 6.07) is 0. The Morgan fingerprint density at radius 1 is 0.421 bits per heavy atom. The number of carbonyl (C=O) groups excluding carboxylic acids is 2. The molecule has 0 aromatic rings. The van der Waals surface area contributed by atoms with E-state index in [9.17, 15) is 35.1 Å². The number of aliphatic hydroxyl groups is 5. The van der Waals surface area contributed by atoms with Crippen LogP contribution >= 0.6 is 0 Å². The van der Waals surface area contributed by atoms with Gasteiger partial charge in [0.1, 0.15) is 0 Å². The normalized spacial score (nSPS) is 52.5. The Morgan fingerprint density at radius 2 is 0.754 bits per heavy atom. The van der Waals surface area contributed by atoms with Gasteiger partial charge in [-0.05, 0) is 464 Å². The van der Waals surface area contributed by atoms with Crippen molar-refractivity contribution in [2.24, 2.45) is 191 Å². The largest absolute Gasteiger partial charge is 0.469 e. The number of ether oxygens (including phenoxy) is 2. The van der Waals surface area contributed by atoms with Crippen LogP contribution < -0.4 is 0 Å². The van der Waals surface area contributed by atoms with Crippen LogP contribution in [0.15, 0.2) is 23.3 Å². The van der Waals surface area contributed by atoms with E-state index in [0.717, 1.165) is 189 Å². The van der Waals surface area contributed by atoms with Crippen LogP contribution in [0.1, 0.15) is 390 Å². The molecule has 5 N–H and O–H groups in total. The monoisotopic (exact) mass is 1580 g/mol. The van der Waals surface area contributed by atoms with Crippen molar-refractivity contribution in [1.82, 2.24) is 0 Å². The van der Waals surface area contributed by atoms with Crippen molar-refractivity contribution in [2.45, 2.75) is 418 Å². The summed E-state index contributed by atoms with van der Waals surface area (Å²) in [5, 5.41) is 53.4. The number of hydrogen-bond donors (Lipinski definition) is 5. The van der Waals surface area contributed by atoms with E-state index in [1.54, 1.807) is 11.1 Å². The van der Waals surface area contributed by atoms with Gasteiger partial charge in [0, 0.05) is 12.8 Å². The first kappa shape index (κ1) is 90.0. The van der Waals surface area contributed by atoms with E-state index in [4.69, 9.17) is 9.47 Å². The highest BCUT2D eigenvalue weighted by Gasteiger charge is 2.68. The minimum absolute atomic E-state index is 0.0569. The molecule has 9 nitrogen and oxygen atoms in total. The number of rotatable bonds is 12. The van der Waals surface area contributed by atoms with Crippen molar-refractivity contribution >= 4 is 11.9 Å². The average molecular weight is 1580 g/mol. The lowest BCUT2D eigenvalue weighted by atomic mass is 9.42. The molecule has 0 amide bonds. The topological polar surface area (TPSA) is 154 Å². The van der Waals surface area contributed by atoms with Gasteiger partial charge in [0.05, 0.1) is 42.2 Å². The maximum Gasteiger partial charge on any atom is 0.305 e. The van der Waals surface area contributed by atoms with Gasteiger partial charge < -0.3 is 35.0 Å². The first-order chi connectivity index (χ1) is 53.0. The fourth-order valence-corrected chi connectivity index (χ4v) is 36.2. The summed E-state index contributed by atoms with van der Waals surface area (Å²) in [4.78, 5) is 23.4. The molecule has 114 heavy (non-hydrogen) atoms. The Labute approximate surface area is 699 Å². The molecule has 0 bridgehead atoms. The molecule has 16 rings (SSSR count). The molecule has 652 valence electrons. The predicted octanol–water partition coefficient (Wildman–Crippen LogP) is 25.2. The van der Waals surface area contributed by atoms with Crippen LogP contribution in [-0.2, 0) is 19.1 Å². The van der Waals surface area contributed by atoms with Gasteiger partial charge in [0.15, 0.2) is 0 Å². The van der Waals surface area contributed by atoms with E-state index in [1.807, 2.05) is 13.8 Å². The van der Waals surface area contributed by atoms with E-state index >= 15 is 0 Å². The Morgan fingerprint density at radius 3 is 1.12 bits per heavy atom. The van der Waals surface area contributed by atoms with Crippen LogP contribution in [0.5, 0.6) is 0 Å². The van der Waals surface area contributed by atoms with Crippen LogP contribution in [0.4, 0.5) is 0 Å². The summed E-state index contributed by atoms with van der Waals surface area (Å²) in [5.74, 6) is 19.3. The van der Waals surface area contributed by atoms with E-state index in [-0.39, 0.29) is 11.9 Å². The molecular weight excluding hydrogens is 1410 g/mol. The molecule has 0 aliphatic heterocycles. The second-order valence-corrected chi connectivity index (χ2v) is 49.7. The first-order valence-electron chi connectivity index (χ1n) is 49.1. The second-order valence-electron chi connectivity index (χ2n) is 49.7. The van der Waals surface area contributed by atoms with Crippen LogP contribution in [0, 0.1) is 191 Å². The third kappa shape index (κ3) is 16.3. The van der Waals surface area contributed by atoms with Crippen molar-refractivity contribution in [3.05, 3.63) is 23.3 Å². The fourth-order valence-electron chi connectivity index (χ4n) is 36.2. The zero-order valence-electron chi connectivity index (χ0n) is 78.1. The lowest BCUT2D eigenvalue weighted by Gasteiger charge is -2.64. The van der Waals surface area contributed by atoms with E-state index in [1.165, 1.54) is 162 Å². The Hall–Kier alpha value is -1.78. The number of carbonyl (C=O) groups is 2. The van der Waals surface area contributed by atoms with Crippen LogP contribution in [-0.4, -0.2) is 79.7 Å². The number of hydrogen-bond acceptors (Lipinski definition) is 9. The van der Waals surface area contributed by atoms with Crippen LogP contribution in [0.3, 0.4) is 0 Å². The maximum absolute atomic E-state index is 11.7. The molecule has 0 aromatic heterocycles. The molecule has 37 atom stereocenters. The van der Waals surface area contributed by atoms with Gasteiger partial charge >= 0.3 is 11.9 Å². The molecule has 0 saturated heterocycles. The van der Waals surface area contributed by atoms with E-state index in [0.29, 0.717) is 91.7 Å². The summed E-state index contributed by atoms with van der Waals surface area (Å²) >= 11 is 0. The molecule has 15 saturated carbocycles. The molecule has 9 heteroatoms. The molecule has 0 radical (unpaired) electrons. The van der Waals surface area contributed by atoms with Crippen molar-refractivity contribution in [3.8, 4) is 0 Å². The van der Waals surface area contributed by atoms with Crippen molar-refractivity contribution < 1.29 is 44.6 Å². The first-order valence-corrected chi connectivity index (χ1v) is 49.1. The zero-order valence-corrected chi connectivity index (χ0v) is 78.1. The lowest BCUT2D eigenvalue weighted by molar-refractivity contribution is -0.166. The highest BCUT2D eigenvalue weighted by Crippen LogP contribution is 2.75. The van der Waals surface area contributed by atoms with Crippen LogP contribution in [0.25, 0.3) is 0 Å². The summed E-state index contributed by atoms with van der Waals surface area (Å²) in [7, 11) is 2.99. The molecule has 0 heterocycles. The summed E-state index contributed by atoms with van der Waals surface area (Å²) in [6.07, 6.45) is 49.0. The summed E-state index contributed by atoms with van der Waals surface area (Å²) in [6.45, 7) is 52.4. The molecule has 15 fully saturated rings. The third-order valence-electron chi connectivity index (χ3n) is 42.4. The van der Waals surface area contributed by atoms with Gasteiger partial charge in [0.25, 0.3) is 0 Å². The molecule has 1 unspecified atom stereocenters. The number of methoxy groups -OCH3 is 2. The zero-order chi connectivity index (χ0) is 83.2. The van der Waals surface area contributed by atoms with Crippen LogP contribution in [0.2, 0.25) is 0 Å². The van der Waals surface area contributed by atoms with Gasteiger partial charge in [-0.3, -0.25) is 9.59 Å². The van der Waals surface area contributed by atoms with Gasteiger partial charge in [-0.2, -0.15) is 0 Å². The second kappa shape index (κ2) is 32.4. The van der Waals surface area contributed by atoms with Gasteiger partial charge in [-0.1, -0.05) is 127 Å². The average Bonchev–Trinajstić information content (AvgIpc) is 1.37. The van der Waals surface area contributed by atoms with E-state index < -0.39 is 28.0 Å². The van der Waals surface area contributed by atoms with Crippen molar-refractivity contribution in [3.63, 3.8) is 0 Å². The molecule has 16 aliphatic carbocycles. The molecule has 16 aliphatic rings. The maximum atomic E-state index is 11.7. The quantitative estimate of drug-likeness (QED) is 0.0949. The van der Waals surface area contributed by atoms with E-state index in [2.05, 4.69) is 151 Å². The number of fused-ring (bicyclic) bond motifs is 20. The Kier molecular flexibility index (Phi) is 25.6. The minimum atomic E-state index is -0.532. The third-order valence-corrected chi connectivity index (χ3v) is 42.4. The van der Waals surface area contributed by atoms with Crippen molar-refractivity contribution in [1.29, 1.82) is 0 Å². The van der Waals surface area contributed by atoms with Gasteiger partial charge in [-0.15, -0.1) is 0 Å². The molecule has 0 aromatic carbocycles. The molecular formula is C105H178O9. The Bertz CT molecular complexity index is 3370. The summed E-state index contributed by atoms with van der Waals surface area (Å²) < 4.78 is 9.77. The minimum Gasteiger partial charge on any atom is -0.469 e. The number of allylic oxidation sites excluding steroid dienone is 4. The molecule has 0 spiro atoms. The number of esters is 2. The summed E-state index contributed by atoms with van der Waals surface area (Å²) in [5.41, 5.74) is 4.55. The highest BCUT2D eigenvalue weighted by molar-refractivity contribution is 5.69. The fraction of sp³-hybridized carbons (Fsp3) is 0.943. The lowest BCUT2D eigenvalue weighted by Crippen LogP contribution is -2.57. The standard InChI is InChI=1S/C28H50O2.C27H46O3.C27H44O3.C23H38O/c1-18(10-12-25(3,4)29)21-8-9-22-20-16-19(2)24-17-26(5,30)14-15-28(24,7)23(20)11-13-27(21,22)6;2*1-17(7-10-24(28)30-6)20-8-9-21-19-15-18(2)23-16-25(3,29)13-14-27(23,5)22(19)11-12-26(20,21)4;1-6-16-7-8-18-17-13-15(2)20-14-21(3,24)11-12-23(20,5)19(17)9-10-22(16,18)4/h18-24,29-30H,8-17H2,1-7H3;17-23,29H,7-16H2,1-6H3;8,17-19,21-23,29H,7,9-16H2,1-6H3;6,15,17-20,24H,7-14H2,1-5H3/b;;;16-6-/t18-,19-,20+,21-,22+,23+,24-,26+,27-,28-;17-,18-,19+,20-,21+,22+,23-,25+,26-,27-;17-,18-,19+,21+,22+,23-,25+,26-,27-;15-,17+,18+,19+,20-,21?,22-,23-/m1111/s1.